The van der Waals surface area contributed by atoms with Crippen molar-refractivity contribution in [2.45, 2.75) is 31.3 Å². The molecule has 0 amide bonds. The highest BCUT2D eigenvalue weighted by atomic mass is 16.4. The Kier molecular flexibility index (Phi) is 10.8. The molecule has 0 fully saturated rings. The van der Waals surface area contributed by atoms with Crippen molar-refractivity contribution >= 4 is 6.29 Å². The fraction of sp³-hybridized carbons (Fsp3) is 0.667. The Morgan fingerprint density at radius 2 is 1.60 bits per heavy atom. The predicted octanol–water partition coefficient (Wildman–Crippen LogP) is -2.19. The van der Waals surface area contributed by atoms with E-state index in [0.29, 0.717) is 0 Å². The van der Waals surface area contributed by atoms with Gasteiger partial charge in [0, 0.05) is 0 Å². The number of aliphatic hydroxyl groups excluding tert-OH is 5. The Hall–Kier alpha value is -0.790. The van der Waals surface area contributed by atoms with Gasteiger partial charge in [0.1, 0.15) is 24.4 Å². The topological polar surface area (TPSA) is 118 Å². The largest absolute Gasteiger partial charge is 0.394 e. The third-order valence-corrected chi connectivity index (χ3v) is 1.42. The van der Waals surface area contributed by atoms with E-state index in [4.69, 9.17) is 25.5 Å². The Bertz CT molecular complexity index is 172. The van der Waals surface area contributed by atoms with Crippen LogP contribution in [0.15, 0.2) is 12.7 Å². The first-order valence-electron chi connectivity index (χ1n) is 4.31. The lowest BCUT2D eigenvalue weighted by Crippen LogP contribution is -2.46. The third-order valence-electron chi connectivity index (χ3n) is 1.42. The smallest absolute Gasteiger partial charge is 0.151 e. The highest BCUT2D eigenvalue weighted by Crippen LogP contribution is 2.02. The first-order chi connectivity index (χ1) is 6.95. The van der Waals surface area contributed by atoms with Gasteiger partial charge in [-0.25, -0.2) is 0 Å². The van der Waals surface area contributed by atoms with E-state index in [9.17, 15) is 4.79 Å². The van der Waals surface area contributed by atoms with E-state index >= 15 is 0 Å². The van der Waals surface area contributed by atoms with Crippen LogP contribution >= 0.6 is 0 Å². The number of hydrogen-bond donors (Lipinski definition) is 5. The Balaban J connectivity index is 0. The summed E-state index contributed by atoms with van der Waals surface area (Å²) < 4.78 is 0. The highest BCUT2D eigenvalue weighted by Gasteiger charge is 2.29. The van der Waals surface area contributed by atoms with Crippen molar-refractivity contribution < 1.29 is 30.3 Å². The van der Waals surface area contributed by atoms with Crippen LogP contribution in [0.25, 0.3) is 0 Å². The zero-order valence-corrected chi connectivity index (χ0v) is 8.52. The quantitative estimate of drug-likeness (QED) is 0.266. The summed E-state index contributed by atoms with van der Waals surface area (Å²) in [4.78, 5) is 9.90. The molecule has 0 bridgehead atoms. The number of aldehydes is 1. The van der Waals surface area contributed by atoms with Crippen LogP contribution in [-0.2, 0) is 4.79 Å². The maximum Gasteiger partial charge on any atom is 0.151 e. The average Bonchev–Trinajstić information content (AvgIpc) is 2.25. The molecule has 0 aliphatic heterocycles. The number of aliphatic hydroxyl groups is 5. The summed E-state index contributed by atoms with van der Waals surface area (Å²) in [5, 5.41) is 43.5. The van der Waals surface area contributed by atoms with E-state index < -0.39 is 31.0 Å². The standard InChI is InChI=1S/C6H12O6.C3H6/c7-1-3(9)5(11)6(12)4(10)2-8;1-3-2/h1,3-6,8-12H,2H2;3H,1H2,2H3/t3-,4+,5+,6+;/m0./s1. The van der Waals surface area contributed by atoms with Gasteiger partial charge in [0.05, 0.1) is 6.61 Å². The number of carbonyl (C=O) groups excluding carboxylic acids is 1. The lowest BCUT2D eigenvalue weighted by atomic mass is 10.0. The van der Waals surface area contributed by atoms with Crippen LogP contribution in [0.2, 0.25) is 0 Å². The van der Waals surface area contributed by atoms with Gasteiger partial charge in [-0.2, -0.15) is 0 Å². The maximum atomic E-state index is 9.90. The van der Waals surface area contributed by atoms with Gasteiger partial charge in [0.25, 0.3) is 0 Å². The second-order valence-electron chi connectivity index (χ2n) is 2.77. The van der Waals surface area contributed by atoms with Crippen LogP contribution in [0, 0.1) is 0 Å². The molecule has 6 heteroatoms. The van der Waals surface area contributed by atoms with Crippen molar-refractivity contribution in [2.75, 3.05) is 6.61 Å². The fourth-order valence-corrected chi connectivity index (χ4v) is 0.618. The van der Waals surface area contributed by atoms with Gasteiger partial charge in [-0.3, -0.25) is 0 Å². The van der Waals surface area contributed by atoms with Crippen molar-refractivity contribution in [3.63, 3.8) is 0 Å². The molecule has 5 N–H and O–H groups in total. The monoisotopic (exact) mass is 222 g/mol. The first-order valence-corrected chi connectivity index (χ1v) is 4.31. The molecule has 90 valence electrons. The third kappa shape index (κ3) is 7.18. The minimum Gasteiger partial charge on any atom is -0.394 e. The molecular weight excluding hydrogens is 204 g/mol. The van der Waals surface area contributed by atoms with E-state index in [0.717, 1.165) is 0 Å². The van der Waals surface area contributed by atoms with E-state index in [1.54, 1.807) is 6.08 Å². The van der Waals surface area contributed by atoms with Crippen molar-refractivity contribution in [1.82, 2.24) is 0 Å². The molecule has 4 atom stereocenters. The Labute approximate surface area is 88.1 Å². The second kappa shape index (κ2) is 9.75. The molecule has 6 nitrogen and oxygen atoms in total. The van der Waals surface area contributed by atoms with E-state index in [-0.39, 0.29) is 6.29 Å². The van der Waals surface area contributed by atoms with Crippen molar-refractivity contribution in [3.8, 4) is 0 Å². The molecule has 0 unspecified atom stereocenters. The molecule has 0 heterocycles. The van der Waals surface area contributed by atoms with E-state index in [1.807, 2.05) is 6.92 Å². The summed E-state index contributed by atoms with van der Waals surface area (Å²) in [6.07, 6.45) is -5.09. The van der Waals surface area contributed by atoms with Crippen LogP contribution < -0.4 is 0 Å². The molecule has 0 saturated heterocycles. The summed E-state index contributed by atoms with van der Waals surface area (Å²) in [6.45, 7) is 4.49. The highest BCUT2D eigenvalue weighted by molar-refractivity contribution is 5.56. The summed E-state index contributed by atoms with van der Waals surface area (Å²) in [5.74, 6) is 0. The molecule has 0 aromatic carbocycles. The normalized spacial score (nSPS) is 17.7. The van der Waals surface area contributed by atoms with Gasteiger partial charge in [0.15, 0.2) is 6.29 Å². The van der Waals surface area contributed by atoms with Gasteiger partial charge in [0.2, 0.25) is 0 Å². The van der Waals surface area contributed by atoms with Gasteiger partial charge in [-0.15, -0.1) is 6.58 Å². The van der Waals surface area contributed by atoms with E-state index in [2.05, 4.69) is 6.58 Å². The number of rotatable bonds is 5. The lowest BCUT2D eigenvalue weighted by Gasteiger charge is -2.22. The van der Waals surface area contributed by atoms with Gasteiger partial charge in [-0.1, -0.05) is 6.08 Å². The zero-order valence-electron chi connectivity index (χ0n) is 8.52. The van der Waals surface area contributed by atoms with Gasteiger partial charge >= 0.3 is 0 Å². The maximum absolute atomic E-state index is 9.90. The van der Waals surface area contributed by atoms with Crippen LogP contribution in [0.5, 0.6) is 0 Å². The predicted molar refractivity (Wildman–Crippen MR) is 53.0 cm³/mol. The van der Waals surface area contributed by atoms with Crippen LogP contribution in [0.3, 0.4) is 0 Å². The van der Waals surface area contributed by atoms with Crippen molar-refractivity contribution in [2.24, 2.45) is 0 Å². The summed E-state index contributed by atoms with van der Waals surface area (Å²) in [6, 6.07) is 0. The lowest BCUT2D eigenvalue weighted by molar-refractivity contribution is -0.136. The number of carbonyl (C=O) groups is 1. The number of allylic oxidation sites excluding steroid dienone is 1. The molecule has 0 saturated carbocycles. The second-order valence-corrected chi connectivity index (χ2v) is 2.77. The van der Waals surface area contributed by atoms with E-state index in [1.165, 1.54) is 0 Å². The molecule has 0 radical (unpaired) electrons. The minimum atomic E-state index is -1.79. The number of hydrogen-bond acceptors (Lipinski definition) is 6. The van der Waals surface area contributed by atoms with Crippen molar-refractivity contribution in [3.05, 3.63) is 12.7 Å². The molecule has 15 heavy (non-hydrogen) atoms. The van der Waals surface area contributed by atoms with Gasteiger partial charge < -0.3 is 30.3 Å². The summed E-state index contributed by atoms with van der Waals surface area (Å²) >= 11 is 0. The summed E-state index contributed by atoms with van der Waals surface area (Å²) in [7, 11) is 0. The first kappa shape index (κ1) is 16.6. The molecule has 0 aliphatic rings. The Morgan fingerprint density at radius 3 is 1.87 bits per heavy atom. The summed E-state index contributed by atoms with van der Waals surface area (Å²) in [5.41, 5.74) is 0. The minimum absolute atomic E-state index is 0.0258. The van der Waals surface area contributed by atoms with Crippen LogP contribution in [-0.4, -0.2) is 62.8 Å². The van der Waals surface area contributed by atoms with Crippen molar-refractivity contribution in [1.29, 1.82) is 0 Å². The average molecular weight is 222 g/mol. The zero-order chi connectivity index (χ0) is 12.4. The Morgan fingerprint density at radius 1 is 1.20 bits per heavy atom. The molecule has 0 aromatic heterocycles. The molecular formula is C9H18O6. The van der Waals surface area contributed by atoms with Crippen LogP contribution in [0.4, 0.5) is 0 Å². The molecule has 0 rings (SSSR count). The SMILES string of the molecule is C=CC.O=C[C@H](O)[C@@H](O)[C@H](O)[C@H](O)CO. The van der Waals surface area contributed by atoms with Crippen LogP contribution in [0.1, 0.15) is 6.92 Å². The molecule has 0 aromatic rings. The molecule has 0 aliphatic carbocycles. The van der Waals surface area contributed by atoms with Gasteiger partial charge in [-0.05, 0) is 6.92 Å². The molecule has 0 spiro atoms. The fourth-order valence-electron chi connectivity index (χ4n) is 0.618.